The summed E-state index contributed by atoms with van der Waals surface area (Å²) in [5.74, 6) is 1.11. The van der Waals surface area contributed by atoms with E-state index in [0.29, 0.717) is 16.3 Å². The molecule has 0 aliphatic carbocycles. The third-order valence-corrected chi connectivity index (χ3v) is 4.72. The van der Waals surface area contributed by atoms with Crippen LogP contribution in [0, 0.1) is 0 Å². The Morgan fingerprint density at radius 1 is 1.39 bits per heavy atom. The quantitative estimate of drug-likeness (QED) is 0.850. The number of thioether (sulfide) groups is 1. The molecule has 1 aliphatic heterocycles. The summed E-state index contributed by atoms with van der Waals surface area (Å²) in [6, 6.07) is 4.22. The molecule has 1 saturated heterocycles. The van der Waals surface area contributed by atoms with Gasteiger partial charge in [0.15, 0.2) is 0 Å². The Labute approximate surface area is 117 Å². The maximum Gasteiger partial charge on any atom is 0.418 e. The number of benzene rings is 1. The van der Waals surface area contributed by atoms with Gasteiger partial charge < -0.3 is 5.32 Å². The molecular weight excluding hydrogens is 327 g/mol. The Hall–Kier alpha value is -0.360. The van der Waals surface area contributed by atoms with Crippen molar-refractivity contribution < 1.29 is 13.2 Å². The lowest BCUT2D eigenvalue weighted by atomic mass is 10.1. The molecule has 1 atom stereocenters. The van der Waals surface area contributed by atoms with E-state index in [1.54, 1.807) is 6.07 Å². The first-order valence-electron chi connectivity index (χ1n) is 5.69. The van der Waals surface area contributed by atoms with Gasteiger partial charge in [0.25, 0.3) is 0 Å². The molecule has 0 amide bonds. The molecule has 0 radical (unpaired) electrons. The van der Waals surface area contributed by atoms with Crippen LogP contribution in [0.25, 0.3) is 0 Å². The normalized spacial score (nSPS) is 20.1. The van der Waals surface area contributed by atoms with Crippen molar-refractivity contribution >= 4 is 33.4 Å². The number of rotatable bonds is 3. The highest BCUT2D eigenvalue weighted by Crippen LogP contribution is 2.37. The SMILES string of the molecule is FC(F)(F)c1cc(Br)ccc1NCC1CCCS1. The van der Waals surface area contributed by atoms with Gasteiger partial charge in [0.05, 0.1) is 5.56 Å². The van der Waals surface area contributed by atoms with Crippen LogP contribution in [0.5, 0.6) is 0 Å². The van der Waals surface area contributed by atoms with E-state index in [1.165, 1.54) is 6.07 Å². The monoisotopic (exact) mass is 339 g/mol. The first-order valence-corrected chi connectivity index (χ1v) is 7.53. The van der Waals surface area contributed by atoms with Crippen molar-refractivity contribution in [1.82, 2.24) is 0 Å². The predicted octanol–water partition coefficient (Wildman–Crippen LogP) is 4.78. The zero-order valence-corrected chi connectivity index (χ0v) is 12.0. The third kappa shape index (κ3) is 3.57. The molecule has 18 heavy (non-hydrogen) atoms. The summed E-state index contributed by atoms with van der Waals surface area (Å²) in [6.07, 6.45) is -2.09. The molecule has 1 heterocycles. The lowest BCUT2D eigenvalue weighted by Crippen LogP contribution is -2.17. The van der Waals surface area contributed by atoms with Crippen LogP contribution in [-0.2, 0) is 6.18 Å². The van der Waals surface area contributed by atoms with Crippen molar-refractivity contribution in [2.75, 3.05) is 17.6 Å². The van der Waals surface area contributed by atoms with Gasteiger partial charge >= 0.3 is 6.18 Å². The number of halogens is 4. The fraction of sp³-hybridized carbons (Fsp3) is 0.500. The lowest BCUT2D eigenvalue weighted by molar-refractivity contribution is -0.137. The van der Waals surface area contributed by atoms with Gasteiger partial charge in [-0.25, -0.2) is 0 Å². The van der Waals surface area contributed by atoms with Gasteiger partial charge in [-0.2, -0.15) is 24.9 Å². The van der Waals surface area contributed by atoms with Gasteiger partial charge in [-0.05, 0) is 36.8 Å². The van der Waals surface area contributed by atoms with Crippen LogP contribution in [0.2, 0.25) is 0 Å². The lowest BCUT2D eigenvalue weighted by Gasteiger charge is -2.17. The highest BCUT2D eigenvalue weighted by atomic mass is 79.9. The minimum absolute atomic E-state index is 0.165. The number of nitrogens with one attached hydrogen (secondary N) is 1. The second kappa shape index (κ2) is 5.74. The Kier molecular flexibility index (Phi) is 4.48. The molecule has 1 fully saturated rings. The topological polar surface area (TPSA) is 12.0 Å². The van der Waals surface area contributed by atoms with E-state index in [4.69, 9.17) is 0 Å². The Morgan fingerprint density at radius 3 is 2.78 bits per heavy atom. The van der Waals surface area contributed by atoms with Crippen molar-refractivity contribution in [3.8, 4) is 0 Å². The summed E-state index contributed by atoms with van der Waals surface area (Å²) in [4.78, 5) is 0. The first-order chi connectivity index (χ1) is 8.47. The maximum atomic E-state index is 12.9. The van der Waals surface area contributed by atoms with Gasteiger partial charge in [0, 0.05) is 22.0 Å². The Morgan fingerprint density at radius 2 is 2.17 bits per heavy atom. The van der Waals surface area contributed by atoms with Crippen molar-refractivity contribution in [2.24, 2.45) is 0 Å². The van der Waals surface area contributed by atoms with E-state index in [0.717, 1.165) is 24.7 Å². The van der Waals surface area contributed by atoms with Crippen LogP contribution in [0.4, 0.5) is 18.9 Å². The van der Waals surface area contributed by atoms with Crippen LogP contribution in [0.3, 0.4) is 0 Å². The molecule has 1 aromatic rings. The average molecular weight is 340 g/mol. The maximum absolute atomic E-state index is 12.9. The summed E-state index contributed by atoms with van der Waals surface area (Å²) in [7, 11) is 0. The highest BCUT2D eigenvalue weighted by Gasteiger charge is 2.33. The molecule has 1 aromatic carbocycles. The summed E-state index contributed by atoms with van der Waals surface area (Å²) < 4.78 is 39.0. The van der Waals surface area contributed by atoms with Crippen LogP contribution in [-0.4, -0.2) is 17.5 Å². The molecular formula is C12H13BrF3NS. The third-order valence-electron chi connectivity index (χ3n) is 2.83. The highest BCUT2D eigenvalue weighted by molar-refractivity contribution is 9.10. The first kappa shape index (κ1) is 14.1. The Balaban J connectivity index is 2.11. The van der Waals surface area contributed by atoms with E-state index in [9.17, 15) is 13.2 Å². The van der Waals surface area contributed by atoms with Gasteiger partial charge in [0.2, 0.25) is 0 Å². The van der Waals surface area contributed by atoms with Crippen LogP contribution in [0.15, 0.2) is 22.7 Å². The van der Waals surface area contributed by atoms with Crippen LogP contribution in [0.1, 0.15) is 18.4 Å². The molecule has 1 nitrogen and oxygen atoms in total. The molecule has 1 unspecified atom stereocenters. The molecule has 2 rings (SSSR count). The summed E-state index contributed by atoms with van der Waals surface area (Å²) in [6.45, 7) is 0.593. The van der Waals surface area contributed by atoms with E-state index in [1.807, 2.05) is 11.8 Å². The molecule has 0 saturated carbocycles. The van der Waals surface area contributed by atoms with Crippen molar-refractivity contribution in [1.29, 1.82) is 0 Å². The van der Waals surface area contributed by atoms with Gasteiger partial charge in [0.1, 0.15) is 0 Å². The minimum Gasteiger partial charge on any atom is -0.383 e. The summed E-state index contributed by atoms with van der Waals surface area (Å²) in [5.41, 5.74) is -0.446. The molecule has 100 valence electrons. The number of hydrogen-bond donors (Lipinski definition) is 1. The zero-order valence-electron chi connectivity index (χ0n) is 9.56. The number of anilines is 1. The van der Waals surface area contributed by atoms with Crippen LogP contribution >= 0.6 is 27.7 Å². The minimum atomic E-state index is -4.32. The zero-order chi connectivity index (χ0) is 13.2. The van der Waals surface area contributed by atoms with Crippen molar-refractivity contribution in [2.45, 2.75) is 24.3 Å². The smallest absolute Gasteiger partial charge is 0.383 e. The molecule has 0 spiro atoms. The largest absolute Gasteiger partial charge is 0.418 e. The summed E-state index contributed by atoms with van der Waals surface area (Å²) in [5, 5.41) is 3.35. The van der Waals surface area contributed by atoms with Gasteiger partial charge in [-0.15, -0.1) is 0 Å². The van der Waals surface area contributed by atoms with Crippen molar-refractivity contribution in [3.63, 3.8) is 0 Å². The van der Waals surface area contributed by atoms with Crippen molar-refractivity contribution in [3.05, 3.63) is 28.2 Å². The fourth-order valence-corrected chi connectivity index (χ4v) is 3.50. The number of hydrogen-bond acceptors (Lipinski definition) is 2. The molecule has 0 bridgehead atoms. The predicted molar refractivity (Wildman–Crippen MR) is 73.1 cm³/mol. The van der Waals surface area contributed by atoms with E-state index >= 15 is 0 Å². The Bertz CT molecular complexity index is 416. The number of alkyl halides is 3. The van der Waals surface area contributed by atoms with Crippen LogP contribution < -0.4 is 5.32 Å². The fourth-order valence-electron chi connectivity index (χ4n) is 1.93. The second-order valence-corrected chi connectivity index (χ2v) is 6.53. The molecule has 6 heteroatoms. The van der Waals surface area contributed by atoms with Gasteiger partial charge in [-0.1, -0.05) is 15.9 Å². The van der Waals surface area contributed by atoms with E-state index in [-0.39, 0.29) is 5.69 Å². The van der Waals surface area contributed by atoms with Gasteiger partial charge in [-0.3, -0.25) is 0 Å². The standard InChI is InChI=1S/C12H13BrF3NS/c13-8-3-4-11(10(6-8)12(14,15)16)17-7-9-2-1-5-18-9/h3-4,6,9,17H,1-2,5,7H2. The van der Waals surface area contributed by atoms with E-state index < -0.39 is 11.7 Å². The molecule has 1 aliphatic rings. The average Bonchev–Trinajstić information content (AvgIpc) is 2.79. The molecule has 1 N–H and O–H groups in total. The second-order valence-electron chi connectivity index (χ2n) is 4.20. The van der Waals surface area contributed by atoms with E-state index in [2.05, 4.69) is 21.2 Å². The molecule has 0 aromatic heterocycles. The summed E-state index contributed by atoms with van der Waals surface area (Å²) >= 11 is 4.90.